The Kier molecular flexibility index (Phi) is 3.83. The van der Waals surface area contributed by atoms with Crippen LogP contribution in [-0.4, -0.2) is 32.1 Å². The number of hydrogen-bond acceptors (Lipinski definition) is 7. The third-order valence-corrected chi connectivity index (χ3v) is 4.90. The number of nitrogens with one attached hydrogen (secondary N) is 1. The maximum Gasteiger partial charge on any atom is 0.220 e. The van der Waals surface area contributed by atoms with Gasteiger partial charge in [-0.15, -0.1) is 0 Å². The van der Waals surface area contributed by atoms with Crippen LogP contribution >= 0.6 is 0 Å². The first-order valence-corrected chi connectivity index (χ1v) is 8.45. The molecule has 2 atom stereocenters. The molecule has 0 aromatic heterocycles. The smallest absolute Gasteiger partial charge is 0.220 e. The second kappa shape index (κ2) is 6.08. The van der Waals surface area contributed by atoms with Crippen LogP contribution in [-0.2, 0) is 4.79 Å². The highest BCUT2D eigenvalue weighted by atomic mass is 16.5. The molecule has 0 bridgehead atoms. The van der Waals surface area contributed by atoms with Crippen LogP contribution in [0.1, 0.15) is 52.9 Å². The molecule has 8 nitrogen and oxygen atoms in total. The van der Waals surface area contributed by atoms with E-state index in [-0.39, 0.29) is 52.9 Å². The Bertz CT molecular complexity index is 969. The van der Waals surface area contributed by atoms with Gasteiger partial charge >= 0.3 is 0 Å². The van der Waals surface area contributed by atoms with Crippen molar-refractivity contribution in [3.8, 4) is 28.7 Å². The third kappa shape index (κ3) is 2.79. The second-order valence-electron chi connectivity index (χ2n) is 6.67. The summed E-state index contributed by atoms with van der Waals surface area (Å²) in [6.45, 7) is 0. The largest absolute Gasteiger partial charge is 0.507 e. The number of amides is 1. The number of carbonyl (C=O) groups excluding carboxylic acids is 2. The molecule has 2 aromatic carbocycles. The van der Waals surface area contributed by atoms with E-state index in [0.717, 1.165) is 6.07 Å². The first-order chi connectivity index (χ1) is 12.8. The van der Waals surface area contributed by atoms with Crippen LogP contribution < -0.4 is 10.1 Å². The Hall–Kier alpha value is -3.42. The summed E-state index contributed by atoms with van der Waals surface area (Å²) >= 11 is 0. The van der Waals surface area contributed by atoms with Crippen LogP contribution in [0.2, 0.25) is 0 Å². The highest BCUT2D eigenvalue weighted by Crippen LogP contribution is 2.49. The molecule has 2 aliphatic rings. The molecule has 1 fully saturated rings. The van der Waals surface area contributed by atoms with E-state index in [4.69, 9.17) is 4.74 Å². The number of rotatable bonds is 2. The Morgan fingerprint density at radius 3 is 2.41 bits per heavy atom. The minimum atomic E-state index is -0.784. The molecule has 8 heteroatoms. The molecule has 2 unspecified atom stereocenters. The molecule has 140 valence electrons. The van der Waals surface area contributed by atoms with Gasteiger partial charge in [0.2, 0.25) is 5.91 Å². The van der Waals surface area contributed by atoms with E-state index in [1.807, 2.05) is 0 Å². The van der Waals surface area contributed by atoms with Gasteiger partial charge in [-0.2, -0.15) is 0 Å². The van der Waals surface area contributed by atoms with Crippen molar-refractivity contribution in [1.29, 1.82) is 0 Å². The number of ketones is 1. The minimum Gasteiger partial charge on any atom is -0.507 e. The van der Waals surface area contributed by atoms with Crippen LogP contribution in [0.15, 0.2) is 24.3 Å². The fraction of sp³-hybridized carbons (Fsp3) is 0.263. The molecule has 2 aliphatic heterocycles. The van der Waals surface area contributed by atoms with Crippen LogP contribution in [0.5, 0.6) is 28.7 Å². The van der Waals surface area contributed by atoms with Crippen LogP contribution in [0.3, 0.4) is 0 Å². The van der Waals surface area contributed by atoms with Crippen LogP contribution in [0.25, 0.3) is 0 Å². The Morgan fingerprint density at radius 2 is 1.74 bits per heavy atom. The van der Waals surface area contributed by atoms with Crippen molar-refractivity contribution in [1.82, 2.24) is 5.32 Å². The summed E-state index contributed by atoms with van der Waals surface area (Å²) in [7, 11) is 0. The Labute approximate surface area is 153 Å². The lowest BCUT2D eigenvalue weighted by atomic mass is 9.91. The van der Waals surface area contributed by atoms with E-state index in [2.05, 4.69) is 5.32 Å². The molecule has 1 saturated heterocycles. The van der Waals surface area contributed by atoms with Gasteiger partial charge in [-0.1, -0.05) is 6.07 Å². The predicted octanol–water partition coefficient (Wildman–Crippen LogP) is 2.17. The van der Waals surface area contributed by atoms with E-state index >= 15 is 0 Å². The van der Waals surface area contributed by atoms with Crippen molar-refractivity contribution in [3.63, 3.8) is 0 Å². The summed E-state index contributed by atoms with van der Waals surface area (Å²) in [6.07, 6.45) is -0.172. The van der Waals surface area contributed by atoms with Crippen molar-refractivity contribution in [3.05, 3.63) is 41.0 Å². The van der Waals surface area contributed by atoms with E-state index in [1.165, 1.54) is 18.2 Å². The second-order valence-corrected chi connectivity index (χ2v) is 6.67. The number of carbonyl (C=O) groups is 2. The Balaban J connectivity index is 1.81. The van der Waals surface area contributed by atoms with Crippen LogP contribution in [0, 0.1) is 0 Å². The first kappa shape index (κ1) is 17.0. The zero-order chi connectivity index (χ0) is 19.3. The van der Waals surface area contributed by atoms with Crippen molar-refractivity contribution >= 4 is 11.7 Å². The maximum absolute atomic E-state index is 12.7. The lowest BCUT2D eigenvalue weighted by Gasteiger charge is -2.29. The standard InChI is InChI=1S/C19H17NO7/c21-10-3-1-8(5-11(10)22)15-7-14(25)18-13(24)6-12(23)17(19(18)27-15)9-2-4-16(26)20-9/h1,3,5-6,9,15,21-24H,2,4,7H2,(H,20,26). The fourth-order valence-corrected chi connectivity index (χ4v) is 3.59. The summed E-state index contributed by atoms with van der Waals surface area (Å²) in [5, 5.41) is 42.4. The number of Topliss-reactive ketones (excluding diaryl/α,β-unsaturated/α-hetero) is 1. The van der Waals surface area contributed by atoms with Gasteiger partial charge < -0.3 is 30.5 Å². The number of benzene rings is 2. The normalized spacial score (nSPS) is 21.5. The number of phenolic OH excluding ortho intramolecular Hbond substituents is 4. The fourth-order valence-electron chi connectivity index (χ4n) is 3.59. The molecular weight excluding hydrogens is 354 g/mol. The van der Waals surface area contributed by atoms with Gasteiger partial charge in [0.1, 0.15) is 28.9 Å². The summed E-state index contributed by atoms with van der Waals surface area (Å²) < 4.78 is 5.94. The summed E-state index contributed by atoms with van der Waals surface area (Å²) in [5.74, 6) is -1.87. The lowest BCUT2D eigenvalue weighted by Crippen LogP contribution is -2.25. The molecule has 5 N–H and O–H groups in total. The third-order valence-electron chi connectivity index (χ3n) is 4.90. The maximum atomic E-state index is 12.7. The molecule has 0 spiro atoms. The first-order valence-electron chi connectivity index (χ1n) is 8.45. The number of hydrogen-bond donors (Lipinski definition) is 5. The van der Waals surface area contributed by atoms with Gasteiger partial charge in [0.05, 0.1) is 18.0 Å². The van der Waals surface area contributed by atoms with Crippen molar-refractivity contribution < 1.29 is 34.8 Å². The molecular formula is C19H17NO7. The molecule has 0 saturated carbocycles. The number of ether oxygens (including phenoxy) is 1. The zero-order valence-corrected chi connectivity index (χ0v) is 14.1. The van der Waals surface area contributed by atoms with Gasteiger partial charge in [-0.05, 0) is 24.1 Å². The highest BCUT2D eigenvalue weighted by molar-refractivity contribution is 6.03. The van der Waals surface area contributed by atoms with Gasteiger partial charge in [0, 0.05) is 12.5 Å². The predicted molar refractivity (Wildman–Crippen MR) is 92.0 cm³/mol. The molecule has 4 rings (SSSR count). The number of phenols is 4. The number of aromatic hydroxyl groups is 4. The number of fused-ring (bicyclic) bond motifs is 1. The van der Waals surface area contributed by atoms with Gasteiger partial charge in [0.25, 0.3) is 0 Å². The zero-order valence-electron chi connectivity index (χ0n) is 14.1. The van der Waals surface area contributed by atoms with E-state index < -0.39 is 23.7 Å². The molecule has 2 heterocycles. The molecule has 0 aliphatic carbocycles. The van der Waals surface area contributed by atoms with E-state index in [1.54, 1.807) is 0 Å². The lowest BCUT2D eigenvalue weighted by molar-refractivity contribution is -0.119. The summed E-state index contributed by atoms with van der Waals surface area (Å²) in [4.78, 5) is 24.3. The quantitative estimate of drug-likeness (QED) is 0.510. The molecule has 27 heavy (non-hydrogen) atoms. The summed E-state index contributed by atoms with van der Waals surface area (Å²) in [5.41, 5.74) is 0.659. The molecule has 2 aromatic rings. The van der Waals surface area contributed by atoms with Gasteiger partial charge in [0.15, 0.2) is 17.3 Å². The molecule has 0 radical (unpaired) electrons. The minimum absolute atomic E-state index is 0.0218. The monoisotopic (exact) mass is 371 g/mol. The van der Waals surface area contributed by atoms with Gasteiger partial charge in [-0.25, -0.2) is 0 Å². The van der Waals surface area contributed by atoms with Crippen molar-refractivity contribution in [2.24, 2.45) is 0 Å². The highest BCUT2D eigenvalue weighted by Gasteiger charge is 2.37. The topological polar surface area (TPSA) is 136 Å². The van der Waals surface area contributed by atoms with E-state index in [0.29, 0.717) is 12.0 Å². The van der Waals surface area contributed by atoms with Gasteiger partial charge in [-0.3, -0.25) is 9.59 Å². The van der Waals surface area contributed by atoms with Crippen molar-refractivity contribution in [2.45, 2.75) is 31.4 Å². The van der Waals surface area contributed by atoms with Crippen molar-refractivity contribution in [2.75, 3.05) is 0 Å². The average Bonchev–Trinajstić information content (AvgIpc) is 3.02. The van der Waals surface area contributed by atoms with E-state index in [9.17, 15) is 30.0 Å². The Morgan fingerprint density at radius 1 is 0.963 bits per heavy atom. The summed E-state index contributed by atoms with van der Waals surface area (Å²) in [6, 6.07) is 4.63. The SMILES string of the molecule is O=C1CCC(c2c(O)cc(O)c3c2OC(c2ccc(O)c(O)c2)CC3=O)N1. The van der Waals surface area contributed by atoms with Crippen LogP contribution in [0.4, 0.5) is 0 Å². The average molecular weight is 371 g/mol. The molecule has 1 amide bonds.